The first-order valence-electron chi connectivity index (χ1n) is 13.3. The van der Waals surface area contributed by atoms with Crippen molar-refractivity contribution in [1.29, 1.82) is 0 Å². The van der Waals surface area contributed by atoms with Gasteiger partial charge in [-0.2, -0.15) is 0 Å². The van der Waals surface area contributed by atoms with E-state index in [0.717, 1.165) is 15.4 Å². The fourth-order valence-corrected chi connectivity index (χ4v) is 6.19. The summed E-state index contributed by atoms with van der Waals surface area (Å²) < 4.78 is 34.8. The number of benzene rings is 3. The summed E-state index contributed by atoms with van der Waals surface area (Å²) in [6, 6.07) is 15.4. The number of nitrogens with zero attached hydrogens (tertiary/aromatic N) is 2. The minimum Gasteiger partial charge on any atom is -0.495 e. The Hall–Kier alpha value is -3.27. The van der Waals surface area contributed by atoms with Gasteiger partial charge in [0.05, 0.1) is 17.7 Å². The molecule has 0 spiro atoms. The third-order valence-corrected chi connectivity index (χ3v) is 9.03. The molecule has 0 saturated heterocycles. The average molecular weight is 635 g/mol. The van der Waals surface area contributed by atoms with Crippen LogP contribution in [-0.2, 0) is 26.2 Å². The molecule has 0 aromatic heterocycles. The van der Waals surface area contributed by atoms with Gasteiger partial charge in [-0.05, 0) is 83.5 Å². The highest BCUT2D eigenvalue weighted by atomic mass is 35.5. The molecule has 42 heavy (non-hydrogen) atoms. The summed E-state index contributed by atoms with van der Waals surface area (Å²) in [5, 5.41) is 3.52. The molecule has 3 rings (SSSR count). The van der Waals surface area contributed by atoms with E-state index in [2.05, 4.69) is 5.32 Å². The molecule has 0 saturated carbocycles. The lowest BCUT2D eigenvalue weighted by Gasteiger charge is -2.34. The molecule has 0 aliphatic carbocycles. The number of anilines is 1. The van der Waals surface area contributed by atoms with Crippen LogP contribution in [0, 0.1) is 13.8 Å². The zero-order valence-corrected chi connectivity index (χ0v) is 27.2. The van der Waals surface area contributed by atoms with Crippen molar-refractivity contribution in [1.82, 2.24) is 10.2 Å². The Balaban J connectivity index is 2.15. The molecular weight excluding hydrogens is 597 g/mol. The second-order valence-electron chi connectivity index (χ2n) is 11.1. The predicted octanol–water partition coefficient (Wildman–Crippen LogP) is 6.15. The van der Waals surface area contributed by atoms with Gasteiger partial charge in [-0.25, -0.2) is 8.42 Å². The molecule has 0 bridgehead atoms. The van der Waals surface area contributed by atoms with Gasteiger partial charge < -0.3 is 15.0 Å². The van der Waals surface area contributed by atoms with E-state index in [0.29, 0.717) is 15.6 Å². The van der Waals surface area contributed by atoms with E-state index in [-0.39, 0.29) is 22.9 Å². The molecule has 2 amide bonds. The fraction of sp³-hybridized carbons (Fsp3) is 0.355. The summed E-state index contributed by atoms with van der Waals surface area (Å²) in [5.74, 6) is -0.787. The standard InChI is InChI=1S/C31H37Cl2N3O5S/c1-20-11-14-23(15-12-20)42(39,40)36(27-17-21(2)13-16-28(27)41-7)19-29(37)35(22(3)30(38)34-31(4,5)6)18-24-25(32)9-8-10-26(24)33/h8-17,22H,18-19H2,1-7H3,(H,34,38). The smallest absolute Gasteiger partial charge is 0.264 e. The molecule has 1 atom stereocenters. The Morgan fingerprint density at radius 3 is 2.07 bits per heavy atom. The molecule has 3 aromatic rings. The number of methoxy groups -OCH3 is 1. The fourth-order valence-electron chi connectivity index (χ4n) is 4.26. The maximum absolute atomic E-state index is 14.2. The van der Waals surface area contributed by atoms with Crippen molar-refractivity contribution in [3.63, 3.8) is 0 Å². The number of hydrogen-bond acceptors (Lipinski definition) is 5. The minimum absolute atomic E-state index is 0.00341. The number of carbonyl (C=O) groups excluding carboxylic acids is 2. The van der Waals surface area contributed by atoms with E-state index in [4.69, 9.17) is 27.9 Å². The highest BCUT2D eigenvalue weighted by Gasteiger charge is 2.35. The highest BCUT2D eigenvalue weighted by Crippen LogP contribution is 2.34. The summed E-state index contributed by atoms with van der Waals surface area (Å²) in [4.78, 5) is 28.8. The molecular formula is C31H37Cl2N3O5S. The van der Waals surface area contributed by atoms with E-state index in [9.17, 15) is 18.0 Å². The van der Waals surface area contributed by atoms with Crippen LogP contribution in [0.2, 0.25) is 10.0 Å². The van der Waals surface area contributed by atoms with Crippen LogP contribution in [0.1, 0.15) is 44.4 Å². The van der Waals surface area contributed by atoms with Crippen molar-refractivity contribution in [2.75, 3.05) is 18.0 Å². The molecule has 0 heterocycles. The van der Waals surface area contributed by atoms with Gasteiger partial charge in [-0.1, -0.05) is 53.0 Å². The SMILES string of the molecule is COc1ccc(C)cc1N(CC(=O)N(Cc1c(Cl)cccc1Cl)C(C)C(=O)NC(C)(C)C)S(=O)(=O)c1ccc(C)cc1. The maximum Gasteiger partial charge on any atom is 0.264 e. The number of rotatable bonds is 10. The monoisotopic (exact) mass is 633 g/mol. The summed E-state index contributed by atoms with van der Waals surface area (Å²) >= 11 is 12.9. The van der Waals surface area contributed by atoms with Gasteiger partial charge in [0.1, 0.15) is 18.3 Å². The normalized spacial score (nSPS) is 12.4. The number of sulfonamides is 1. The van der Waals surface area contributed by atoms with E-state index in [1.807, 2.05) is 34.6 Å². The average Bonchev–Trinajstić information content (AvgIpc) is 2.90. The van der Waals surface area contributed by atoms with Crippen LogP contribution in [0.4, 0.5) is 5.69 Å². The number of hydrogen-bond donors (Lipinski definition) is 1. The highest BCUT2D eigenvalue weighted by molar-refractivity contribution is 7.92. The van der Waals surface area contributed by atoms with E-state index < -0.39 is 40.0 Å². The number of aryl methyl sites for hydroxylation is 2. The van der Waals surface area contributed by atoms with Gasteiger partial charge >= 0.3 is 0 Å². The van der Waals surface area contributed by atoms with Crippen LogP contribution >= 0.6 is 23.2 Å². The number of amides is 2. The van der Waals surface area contributed by atoms with Crippen molar-refractivity contribution < 1.29 is 22.7 Å². The second kappa shape index (κ2) is 13.4. The van der Waals surface area contributed by atoms with E-state index >= 15 is 0 Å². The molecule has 0 aliphatic heterocycles. The van der Waals surface area contributed by atoms with Gasteiger partial charge in [-0.3, -0.25) is 13.9 Å². The first-order chi connectivity index (χ1) is 19.5. The summed E-state index contributed by atoms with van der Waals surface area (Å²) in [7, 11) is -2.83. The maximum atomic E-state index is 14.2. The zero-order chi connectivity index (χ0) is 31.4. The van der Waals surface area contributed by atoms with Gasteiger partial charge in [-0.15, -0.1) is 0 Å². The van der Waals surface area contributed by atoms with Crippen LogP contribution in [0.25, 0.3) is 0 Å². The quantitative estimate of drug-likeness (QED) is 0.289. The van der Waals surface area contributed by atoms with Crippen molar-refractivity contribution in [2.45, 2.75) is 64.6 Å². The van der Waals surface area contributed by atoms with E-state index in [1.54, 1.807) is 55.5 Å². The number of ether oxygens (including phenoxy) is 1. The van der Waals surface area contributed by atoms with Gasteiger partial charge in [0.2, 0.25) is 11.8 Å². The van der Waals surface area contributed by atoms with Gasteiger partial charge in [0.25, 0.3) is 10.0 Å². The van der Waals surface area contributed by atoms with Crippen LogP contribution in [0.5, 0.6) is 5.75 Å². The van der Waals surface area contributed by atoms with E-state index in [1.165, 1.54) is 24.1 Å². The Morgan fingerprint density at radius 1 is 0.952 bits per heavy atom. The summed E-state index contributed by atoms with van der Waals surface area (Å²) in [6.07, 6.45) is 0. The number of carbonyl (C=O) groups is 2. The molecule has 0 radical (unpaired) electrons. The lowest BCUT2D eigenvalue weighted by Crippen LogP contribution is -2.54. The summed E-state index contributed by atoms with van der Waals surface area (Å²) in [5.41, 5.74) is 1.70. The second-order valence-corrected chi connectivity index (χ2v) is 13.8. The van der Waals surface area contributed by atoms with Crippen molar-refractivity contribution in [2.24, 2.45) is 0 Å². The van der Waals surface area contributed by atoms with Crippen LogP contribution in [0.3, 0.4) is 0 Å². The predicted molar refractivity (Wildman–Crippen MR) is 168 cm³/mol. The van der Waals surface area contributed by atoms with Crippen molar-refractivity contribution in [3.8, 4) is 5.75 Å². The largest absolute Gasteiger partial charge is 0.495 e. The van der Waals surface area contributed by atoms with Crippen LogP contribution in [-0.4, -0.2) is 50.4 Å². The van der Waals surface area contributed by atoms with Crippen molar-refractivity contribution >= 4 is 50.7 Å². The molecule has 226 valence electrons. The molecule has 8 nitrogen and oxygen atoms in total. The van der Waals surface area contributed by atoms with Gasteiger partial charge in [0.15, 0.2) is 0 Å². The molecule has 0 fully saturated rings. The first-order valence-corrected chi connectivity index (χ1v) is 15.5. The Morgan fingerprint density at radius 2 is 1.52 bits per heavy atom. The Labute approximate surface area is 258 Å². The molecule has 0 aliphatic rings. The number of nitrogens with one attached hydrogen (secondary N) is 1. The van der Waals surface area contributed by atoms with Crippen LogP contribution in [0.15, 0.2) is 65.6 Å². The zero-order valence-electron chi connectivity index (χ0n) is 24.9. The molecule has 1 N–H and O–H groups in total. The topological polar surface area (TPSA) is 96.0 Å². The first kappa shape index (κ1) is 33.2. The van der Waals surface area contributed by atoms with Crippen LogP contribution < -0.4 is 14.4 Å². The lowest BCUT2D eigenvalue weighted by atomic mass is 10.1. The van der Waals surface area contributed by atoms with Crippen molar-refractivity contribution in [3.05, 3.63) is 87.4 Å². The third-order valence-electron chi connectivity index (χ3n) is 6.55. The third kappa shape index (κ3) is 7.96. The summed E-state index contributed by atoms with van der Waals surface area (Å²) in [6.45, 7) is 9.98. The molecule has 11 heteroatoms. The Bertz CT molecular complexity index is 1530. The number of halogens is 2. The molecule has 1 unspecified atom stereocenters. The molecule has 3 aromatic carbocycles. The lowest BCUT2D eigenvalue weighted by molar-refractivity contribution is -0.140. The minimum atomic E-state index is -4.26. The Kier molecular flexibility index (Phi) is 10.6. The van der Waals surface area contributed by atoms with Gasteiger partial charge in [0, 0.05) is 27.7 Å².